The number of benzene rings is 2. The Balaban J connectivity index is 1.63. The predicted octanol–water partition coefficient (Wildman–Crippen LogP) is 5.12. The Morgan fingerprint density at radius 1 is 1.07 bits per heavy atom. The fourth-order valence-electron chi connectivity index (χ4n) is 2.24. The van der Waals surface area contributed by atoms with Gasteiger partial charge < -0.3 is 19.6 Å². The number of carboxylic acids is 1. The Morgan fingerprint density at radius 3 is 2.63 bits per heavy atom. The third-order valence-corrected chi connectivity index (χ3v) is 4.05. The average molecular weight is 406 g/mol. The third-order valence-electron chi connectivity index (χ3n) is 3.52. The van der Waals surface area contributed by atoms with E-state index in [0.29, 0.717) is 27.2 Å². The van der Waals surface area contributed by atoms with Crippen molar-refractivity contribution in [3.05, 3.63) is 81.7 Å². The molecule has 1 heterocycles. The summed E-state index contributed by atoms with van der Waals surface area (Å²) in [6, 6.07) is 13.9. The number of halogens is 2. The van der Waals surface area contributed by atoms with Crippen LogP contribution in [0.15, 0.2) is 59.0 Å². The minimum Gasteiger partial charge on any atom is -0.484 e. The van der Waals surface area contributed by atoms with Crippen molar-refractivity contribution in [2.24, 2.45) is 0 Å². The molecule has 0 saturated heterocycles. The molecule has 138 valence electrons. The number of hydrogen-bond acceptors (Lipinski definition) is 4. The highest BCUT2D eigenvalue weighted by atomic mass is 35.5. The van der Waals surface area contributed by atoms with Crippen LogP contribution in [0.5, 0.6) is 5.75 Å². The number of rotatable bonds is 6. The van der Waals surface area contributed by atoms with Crippen LogP contribution in [0.4, 0.5) is 5.69 Å². The number of carbonyl (C=O) groups is 2. The first-order chi connectivity index (χ1) is 12.9. The van der Waals surface area contributed by atoms with Crippen molar-refractivity contribution < 1.29 is 23.8 Å². The zero-order valence-corrected chi connectivity index (χ0v) is 15.3. The van der Waals surface area contributed by atoms with Crippen LogP contribution in [0.3, 0.4) is 0 Å². The molecule has 0 fully saturated rings. The minimum atomic E-state index is -1.08. The van der Waals surface area contributed by atoms with E-state index in [0.717, 1.165) is 0 Å². The Morgan fingerprint density at radius 2 is 1.89 bits per heavy atom. The van der Waals surface area contributed by atoms with E-state index in [1.807, 2.05) is 0 Å². The molecule has 0 aliphatic carbocycles. The summed E-state index contributed by atoms with van der Waals surface area (Å²) in [6.45, 7) is 0.0726. The molecule has 0 atom stereocenters. The molecule has 0 unspecified atom stereocenters. The van der Waals surface area contributed by atoms with Gasteiger partial charge in [0.2, 0.25) is 0 Å². The van der Waals surface area contributed by atoms with Gasteiger partial charge >= 0.3 is 5.97 Å². The molecule has 8 heteroatoms. The Hall–Kier alpha value is -2.96. The predicted molar refractivity (Wildman–Crippen MR) is 101 cm³/mol. The van der Waals surface area contributed by atoms with Gasteiger partial charge in [-0.2, -0.15) is 0 Å². The number of carboxylic acid groups (broad SMARTS) is 1. The first-order valence-corrected chi connectivity index (χ1v) is 8.49. The molecule has 6 nitrogen and oxygen atoms in total. The molecule has 2 aromatic carbocycles. The maximum Gasteiger partial charge on any atom is 0.335 e. The number of anilines is 1. The van der Waals surface area contributed by atoms with Crippen LogP contribution >= 0.6 is 23.2 Å². The zero-order chi connectivity index (χ0) is 19.4. The van der Waals surface area contributed by atoms with Crippen molar-refractivity contribution in [2.75, 3.05) is 5.32 Å². The van der Waals surface area contributed by atoms with Crippen molar-refractivity contribution in [3.63, 3.8) is 0 Å². The molecule has 0 aliphatic heterocycles. The molecule has 0 saturated carbocycles. The van der Waals surface area contributed by atoms with Crippen LogP contribution in [-0.4, -0.2) is 17.0 Å². The lowest BCUT2D eigenvalue weighted by Crippen LogP contribution is -2.11. The lowest BCUT2D eigenvalue weighted by Gasteiger charge is -2.06. The van der Waals surface area contributed by atoms with Crippen molar-refractivity contribution in [1.29, 1.82) is 0 Å². The molecule has 3 rings (SSSR count). The summed E-state index contributed by atoms with van der Waals surface area (Å²) < 4.78 is 11.0. The van der Waals surface area contributed by atoms with Crippen molar-refractivity contribution in [1.82, 2.24) is 0 Å². The minimum absolute atomic E-state index is 0.0662. The fourth-order valence-corrected chi connectivity index (χ4v) is 2.70. The Labute approximate surface area is 164 Å². The average Bonchev–Trinajstić information content (AvgIpc) is 3.10. The van der Waals surface area contributed by atoms with Gasteiger partial charge in [0.1, 0.15) is 18.1 Å². The van der Waals surface area contributed by atoms with Gasteiger partial charge in [-0.15, -0.1) is 0 Å². The van der Waals surface area contributed by atoms with Crippen molar-refractivity contribution in [3.8, 4) is 5.75 Å². The van der Waals surface area contributed by atoms with E-state index < -0.39 is 11.9 Å². The molecule has 1 amide bonds. The van der Waals surface area contributed by atoms with Crippen LogP contribution in [0.2, 0.25) is 10.0 Å². The van der Waals surface area contributed by atoms with Crippen molar-refractivity contribution in [2.45, 2.75) is 6.61 Å². The number of furan rings is 1. The maximum absolute atomic E-state index is 12.2. The molecule has 0 aliphatic rings. The molecular weight excluding hydrogens is 393 g/mol. The van der Waals surface area contributed by atoms with Crippen LogP contribution in [0.25, 0.3) is 0 Å². The van der Waals surface area contributed by atoms with Gasteiger partial charge in [0.05, 0.1) is 10.6 Å². The largest absolute Gasteiger partial charge is 0.484 e. The molecule has 0 radical (unpaired) electrons. The van der Waals surface area contributed by atoms with E-state index >= 15 is 0 Å². The van der Waals surface area contributed by atoms with Crippen LogP contribution in [0.1, 0.15) is 26.7 Å². The highest BCUT2D eigenvalue weighted by Gasteiger charge is 2.13. The van der Waals surface area contributed by atoms with Gasteiger partial charge in [-0.3, -0.25) is 4.79 Å². The van der Waals surface area contributed by atoms with E-state index in [1.54, 1.807) is 30.3 Å². The standard InChI is InChI=1S/C19H13Cl2NO5/c20-12-4-6-16(15(21)9-12)26-10-14-5-7-17(27-14)18(23)22-13-3-1-2-11(8-13)19(24)25/h1-9H,10H2,(H,22,23)(H,24,25). The van der Waals surface area contributed by atoms with Crippen LogP contribution in [0, 0.1) is 0 Å². The molecular formula is C19H13Cl2NO5. The topological polar surface area (TPSA) is 88.8 Å². The maximum atomic E-state index is 12.2. The number of nitrogens with one attached hydrogen (secondary N) is 1. The summed E-state index contributed by atoms with van der Waals surface area (Å²) in [7, 11) is 0. The summed E-state index contributed by atoms with van der Waals surface area (Å²) in [5.41, 5.74) is 0.420. The second-order valence-corrected chi connectivity index (χ2v) is 6.31. The fraction of sp³-hybridized carbons (Fsp3) is 0.0526. The van der Waals surface area contributed by atoms with E-state index in [1.165, 1.54) is 24.3 Å². The molecule has 0 bridgehead atoms. The summed E-state index contributed by atoms with van der Waals surface area (Å²) in [6.07, 6.45) is 0. The highest BCUT2D eigenvalue weighted by molar-refractivity contribution is 6.35. The van der Waals surface area contributed by atoms with E-state index in [2.05, 4.69) is 5.32 Å². The first-order valence-electron chi connectivity index (χ1n) is 7.73. The van der Waals surface area contributed by atoms with E-state index in [4.69, 9.17) is 37.5 Å². The monoisotopic (exact) mass is 405 g/mol. The molecule has 27 heavy (non-hydrogen) atoms. The smallest absolute Gasteiger partial charge is 0.335 e. The van der Waals surface area contributed by atoms with E-state index in [9.17, 15) is 9.59 Å². The quantitative estimate of drug-likeness (QED) is 0.594. The number of hydrogen-bond donors (Lipinski definition) is 2. The number of aromatic carboxylic acids is 1. The Kier molecular flexibility index (Phi) is 5.69. The van der Waals surface area contributed by atoms with Gasteiger partial charge in [-0.1, -0.05) is 29.3 Å². The van der Waals surface area contributed by atoms with Gasteiger partial charge in [-0.05, 0) is 48.5 Å². The number of ether oxygens (including phenoxy) is 1. The summed E-state index contributed by atoms with van der Waals surface area (Å²) in [5, 5.41) is 12.4. The second kappa shape index (κ2) is 8.16. The third kappa shape index (κ3) is 4.81. The van der Waals surface area contributed by atoms with Gasteiger partial charge in [-0.25, -0.2) is 4.79 Å². The SMILES string of the molecule is O=C(O)c1cccc(NC(=O)c2ccc(COc3ccc(Cl)cc3Cl)o2)c1. The van der Waals surface area contributed by atoms with Gasteiger partial charge in [0, 0.05) is 10.7 Å². The second-order valence-electron chi connectivity index (χ2n) is 5.47. The lowest BCUT2D eigenvalue weighted by atomic mass is 10.2. The van der Waals surface area contributed by atoms with Gasteiger partial charge in [0.25, 0.3) is 5.91 Å². The zero-order valence-electron chi connectivity index (χ0n) is 13.7. The molecule has 2 N–H and O–H groups in total. The normalized spacial score (nSPS) is 10.4. The summed E-state index contributed by atoms with van der Waals surface area (Å²) in [4.78, 5) is 23.2. The summed E-state index contributed by atoms with van der Waals surface area (Å²) in [5.74, 6) is -0.659. The summed E-state index contributed by atoms with van der Waals surface area (Å²) >= 11 is 11.9. The lowest BCUT2D eigenvalue weighted by molar-refractivity contribution is 0.0696. The van der Waals surface area contributed by atoms with Gasteiger partial charge in [0.15, 0.2) is 5.76 Å². The molecule has 0 spiro atoms. The first kappa shape index (κ1) is 18.8. The highest BCUT2D eigenvalue weighted by Crippen LogP contribution is 2.28. The molecule has 3 aromatic rings. The number of amides is 1. The van der Waals surface area contributed by atoms with E-state index in [-0.39, 0.29) is 17.9 Å². The van der Waals surface area contributed by atoms with Crippen LogP contribution < -0.4 is 10.1 Å². The molecule has 1 aromatic heterocycles. The van der Waals surface area contributed by atoms with Crippen LogP contribution in [-0.2, 0) is 6.61 Å². The number of carbonyl (C=O) groups excluding carboxylic acids is 1. The van der Waals surface area contributed by atoms with Crippen molar-refractivity contribution >= 4 is 40.8 Å². The Bertz CT molecular complexity index is 999.